The van der Waals surface area contributed by atoms with Gasteiger partial charge in [-0.15, -0.1) is 0 Å². The monoisotopic (exact) mass is 488 g/mol. The lowest BCUT2D eigenvalue weighted by molar-refractivity contribution is -0.232. The fourth-order valence-corrected chi connectivity index (χ4v) is 10.8. The molecule has 0 heterocycles. The second-order valence-corrected chi connectivity index (χ2v) is 15.0. The van der Waals surface area contributed by atoms with Gasteiger partial charge in [-0.2, -0.15) is 0 Å². The maximum atomic E-state index is 12.8. The lowest BCUT2D eigenvalue weighted by Crippen LogP contribution is -2.67. The van der Waals surface area contributed by atoms with Crippen molar-refractivity contribution >= 4 is 5.97 Å². The molecular formula is C30H48O5. The van der Waals surface area contributed by atoms with Gasteiger partial charge in [0.15, 0.2) is 0 Å². The third-order valence-electron chi connectivity index (χ3n) is 13.3. The molecule has 0 saturated heterocycles. The number of carboxylic acid groups (broad SMARTS) is 1. The van der Waals surface area contributed by atoms with Gasteiger partial charge in [0.2, 0.25) is 0 Å². The Hall–Kier alpha value is -0.910. The first kappa shape index (κ1) is 25.7. The van der Waals surface area contributed by atoms with E-state index in [1.807, 2.05) is 0 Å². The number of rotatable bonds is 2. The minimum Gasteiger partial charge on any atom is -0.481 e. The number of carbonyl (C=O) groups is 1. The van der Waals surface area contributed by atoms with Crippen LogP contribution in [0, 0.1) is 50.2 Å². The van der Waals surface area contributed by atoms with E-state index < -0.39 is 23.6 Å². The normalized spacial score (nSPS) is 55.0. The number of aliphatic hydroxyl groups is 3. The van der Waals surface area contributed by atoms with E-state index in [1.54, 1.807) is 0 Å². The molecule has 5 aliphatic rings. The van der Waals surface area contributed by atoms with Crippen LogP contribution in [0.25, 0.3) is 0 Å². The van der Waals surface area contributed by atoms with E-state index in [1.165, 1.54) is 5.57 Å². The molecule has 0 amide bonds. The quantitative estimate of drug-likeness (QED) is 0.402. The lowest BCUT2D eigenvalue weighted by Gasteiger charge is -2.71. The SMILES string of the molecule is CC1(CO)CC[C@]2(C(=O)O)CC[C@]3(C)C(=CC[C@@H]4[C@@]5(C)C[C@@H](O)[C@H](O)C(C)(C)C5CC[C@]43C)[C@H]2C1. The van der Waals surface area contributed by atoms with Crippen LogP contribution in [0.1, 0.15) is 99.3 Å². The molecule has 5 rings (SSSR count). The molecule has 198 valence electrons. The van der Waals surface area contributed by atoms with Crippen LogP contribution in [0.4, 0.5) is 0 Å². The van der Waals surface area contributed by atoms with Crippen LogP contribution in [0.3, 0.4) is 0 Å². The van der Waals surface area contributed by atoms with Gasteiger partial charge >= 0.3 is 5.97 Å². The van der Waals surface area contributed by atoms with Crippen molar-refractivity contribution in [2.45, 2.75) is 112 Å². The van der Waals surface area contributed by atoms with Gasteiger partial charge in [0.05, 0.1) is 17.6 Å². The Kier molecular flexibility index (Phi) is 5.56. The number of hydrogen-bond donors (Lipinski definition) is 4. The third-order valence-corrected chi connectivity index (χ3v) is 13.3. The van der Waals surface area contributed by atoms with Gasteiger partial charge in [-0.1, -0.05) is 53.2 Å². The maximum Gasteiger partial charge on any atom is 0.310 e. The summed E-state index contributed by atoms with van der Waals surface area (Å²) < 4.78 is 0. The fourth-order valence-electron chi connectivity index (χ4n) is 10.8. The van der Waals surface area contributed by atoms with Gasteiger partial charge in [-0.25, -0.2) is 0 Å². The average Bonchev–Trinajstić information content (AvgIpc) is 2.78. The molecule has 0 spiro atoms. The number of allylic oxidation sites excluding steroid dienone is 2. The van der Waals surface area contributed by atoms with E-state index in [0.29, 0.717) is 31.1 Å². The highest BCUT2D eigenvalue weighted by molar-refractivity contribution is 5.76. The van der Waals surface area contributed by atoms with Crippen molar-refractivity contribution in [1.29, 1.82) is 0 Å². The first-order valence-electron chi connectivity index (χ1n) is 14.0. The molecule has 4 fully saturated rings. The highest BCUT2D eigenvalue weighted by Gasteiger charge is 2.70. The Morgan fingerprint density at radius 2 is 1.60 bits per heavy atom. The van der Waals surface area contributed by atoms with Crippen LogP contribution in [0.2, 0.25) is 0 Å². The second-order valence-electron chi connectivity index (χ2n) is 15.0. The summed E-state index contributed by atoms with van der Waals surface area (Å²) in [7, 11) is 0. The number of carboxylic acids is 1. The molecule has 0 aromatic carbocycles. The minimum absolute atomic E-state index is 0.0121. The van der Waals surface area contributed by atoms with Crippen molar-refractivity contribution in [2.24, 2.45) is 50.2 Å². The van der Waals surface area contributed by atoms with Crippen molar-refractivity contribution in [2.75, 3.05) is 6.61 Å². The predicted molar refractivity (Wildman–Crippen MR) is 135 cm³/mol. The Bertz CT molecular complexity index is 941. The van der Waals surface area contributed by atoms with Gasteiger partial charge in [-0.3, -0.25) is 4.79 Å². The summed E-state index contributed by atoms with van der Waals surface area (Å²) >= 11 is 0. The largest absolute Gasteiger partial charge is 0.481 e. The molecule has 2 unspecified atom stereocenters. The van der Waals surface area contributed by atoms with Crippen LogP contribution in [0.5, 0.6) is 0 Å². The van der Waals surface area contributed by atoms with Crippen LogP contribution >= 0.6 is 0 Å². The number of aliphatic hydroxyl groups excluding tert-OH is 3. The summed E-state index contributed by atoms with van der Waals surface area (Å²) in [5.41, 5.74) is -0.0781. The van der Waals surface area contributed by atoms with E-state index in [4.69, 9.17) is 0 Å². The molecule has 35 heavy (non-hydrogen) atoms. The van der Waals surface area contributed by atoms with Crippen LogP contribution in [-0.4, -0.2) is 45.2 Å². The molecule has 5 nitrogen and oxygen atoms in total. The topological polar surface area (TPSA) is 98.0 Å². The van der Waals surface area contributed by atoms with E-state index >= 15 is 0 Å². The fraction of sp³-hybridized carbons (Fsp3) is 0.900. The van der Waals surface area contributed by atoms with Crippen LogP contribution in [0.15, 0.2) is 11.6 Å². The molecular weight excluding hydrogens is 440 g/mol. The number of fused-ring (bicyclic) bond motifs is 7. The molecule has 0 radical (unpaired) electrons. The highest BCUT2D eigenvalue weighted by Crippen LogP contribution is 2.75. The van der Waals surface area contributed by atoms with Crippen molar-refractivity contribution in [1.82, 2.24) is 0 Å². The summed E-state index contributed by atoms with van der Waals surface area (Å²) in [6, 6.07) is 0. The smallest absolute Gasteiger partial charge is 0.310 e. The van der Waals surface area contributed by atoms with Crippen molar-refractivity contribution in [3.63, 3.8) is 0 Å². The standard InChI is InChI=1S/C30H48O5/c1-25(2)21-9-10-29(6)22(27(21,4)16-20(32)23(25)33)8-7-18-19-15-26(3,17-31)11-13-30(19,24(34)35)14-12-28(18,29)5/h7,19-23,31-33H,8-17H2,1-6H3,(H,34,35)/t19-,20-,21?,22-,23+,26?,27+,28-,29-,30+/m1/s1. The average molecular weight is 489 g/mol. The summed E-state index contributed by atoms with van der Waals surface area (Å²) in [6.45, 7) is 13.7. The Morgan fingerprint density at radius 1 is 0.943 bits per heavy atom. The van der Waals surface area contributed by atoms with Gasteiger partial charge in [-0.05, 0) is 103 Å². The summed E-state index contributed by atoms with van der Waals surface area (Å²) in [6.07, 6.45) is 8.42. The first-order chi connectivity index (χ1) is 16.1. The third kappa shape index (κ3) is 3.07. The van der Waals surface area contributed by atoms with Crippen LogP contribution < -0.4 is 0 Å². The Labute approximate surface area is 211 Å². The van der Waals surface area contributed by atoms with Crippen molar-refractivity contribution in [3.8, 4) is 0 Å². The molecule has 0 bridgehead atoms. The first-order valence-corrected chi connectivity index (χ1v) is 14.0. The van der Waals surface area contributed by atoms with Gasteiger partial charge in [0.1, 0.15) is 0 Å². The molecule has 5 heteroatoms. The lowest BCUT2D eigenvalue weighted by atomic mass is 9.33. The Balaban J connectivity index is 1.60. The molecule has 10 atom stereocenters. The zero-order valence-electron chi connectivity index (χ0n) is 22.7. The van der Waals surface area contributed by atoms with Crippen molar-refractivity contribution < 1.29 is 25.2 Å². The molecule has 0 aromatic rings. The van der Waals surface area contributed by atoms with E-state index in [2.05, 4.69) is 47.6 Å². The van der Waals surface area contributed by atoms with Gasteiger partial charge in [0.25, 0.3) is 0 Å². The van der Waals surface area contributed by atoms with E-state index in [9.17, 15) is 25.2 Å². The summed E-state index contributed by atoms with van der Waals surface area (Å²) in [5, 5.41) is 42.6. The van der Waals surface area contributed by atoms with E-state index in [0.717, 1.165) is 38.5 Å². The Morgan fingerprint density at radius 3 is 2.23 bits per heavy atom. The molecule has 0 aromatic heterocycles. The van der Waals surface area contributed by atoms with E-state index in [-0.39, 0.29) is 39.6 Å². The number of hydrogen-bond acceptors (Lipinski definition) is 4. The predicted octanol–water partition coefficient (Wildman–Crippen LogP) is 5.18. The van der Waals surface area contributed by atoms with Crippen LogP contribution in [-0.2, 0) is 4.79 Å². The minimum atomic E-state index is -0.711. The summed E-state index contributed by atoms with van der Waals surface area (Å²) in [4.78, 5) is 12.8. The van der Waals surface area contributed by atoms with Gasteiger partial charge < -0.3 is 20.4 Å². The van der Waals surface area contributed by atoms with Crippen molar-refractivity contribution in [3.05, 3.63) is 11.6 Å². The maximum absolute atomic E-state index is 12.8. The zero-order valence-corrected chi connectivity index (χ0v) is 22.7. The zero-order chi connectivity index (χ0) is 25.8. The molecule has 0 aliphatic heterocycles. The number of aliphatic carboxylic acids is 1. The highest BCUT2D eigenvalue weighted by atomic mass is 16.4. The van der Waals surface area contributed by atoms with Gasteiger partial charge in [0, 0.05) is 6.61 Å². The molecule has 4 N–H and O–H groups in total. The molecule has 4 saturated carbocycles. The molecule has 5 aliphatic carbocycles. The summed E-state index contributed by atoms with van der Waals surface area (Å²) in [5.74, 6) is 0.0517. The second kappa shape index (κ2) is 7.57.